The third-order valence-electron chi connectivity index (χ3n) is 2.13. The van der Waals surface area contributed by atoms with Crippen molar-refractivity contribution in [3.05, 3.63) is 12.2 Å². The number of methoxy groups -OCH3 is 1. The van der Waals surface area contributed by atoms with E-state index in [0.29, 0.717) is 6.42 Å². The van der Waals surface area contributed by atoms with Gasteiger partial charge in [-0.1, -0.05) is 31.9 Å². The molecular weight excluding hydrogens is 176 g/mol. The van der Waals surface area contributed by atoms with E-state index in [-0.39, 0.29) is 5.97 Å². The van der Waals surface area contributed by atoms with E-state index in [0.717, 1.165) is 19.3 Å². The molecule has 0 aromatic rings. The van der Waals surface area contributed by atoms with Gasteiger partial charge in [-0.25, -0.2) is 0 Å². The zero-order chi connectivity index (χ0) is 10.6. The summed E-state index contributed by atoms with van der Waals surface area (Å²) in [6.07, 6.45) is 11.9. The molecule has 0 unspecified atom stereocenters. The predicted octanol–water partition coefficient (Wildman–Crippen LogP) is 3.47. The fourth-order valence-corrected chi connectivity index (χ4v) is 1.27. The second-order valence-electron chi connectivity index (χ2n) is 3.41. The Kier molecular flexibility index (Phi) is 9.71. The molecule has 0 atom stereocenters. The van der Waals surface area contributed by atoms with Crippen molar-refractivity contribution >= 4 is 5.97 Å². The van der Waals surface area contributed by atoms with Crippen molar-refractivity contribution in [1.82, 2.24) is 0 Å². The number of hydrogen-bond acceptors (Lipinski definition) is 2. The predicted molar refractivity (Wildman–Crippen MR) is 59.1 cm³/mol. The molecule has 0 radical (unpaired) electrons. The number of ether oxygens (including phenoxy) is 1. The maximum atomic E-state index is 10.8. The first-order chi connectivity index (χ1) is 6.81. The van der Waals surface area contributed by atoms with Gasteiger partial charge in [-0.2, -0.15) is 0 Å². The van der Waals surface area contributed by atoms with Crippen LogP contribution in [0.15, 0.2) is 12.2 Å². The van der Waals surface area contributed by atoms with Crippen LogP contribution in [0.25, 0.3) is 0 Å². The Hall–Kier alpha value is -0.790. The van der Waals surface area contributed by atoms with Crippen LogP contribution in [-0.4, -0.2) is 13.1 Å². The molecule has 0 aromatic heterocycles. The molecule has 0 N–H and O–H groups in total. The second-order valence-corrected chi connectivity index (χ2v) is 3.41. The molecule has 0 aliphatic heterocycles. The van der Waals surface area contributed by atoms with Crippen molar-refractivity contribution < 1.29 is 9.53 Å². The monoisotopic (exact) mass is 198 g/mol. The zero-order valence-electron chi connectivity index (χ0n) is 9.42. The third kappa shape index (κ3) is 9.30. The van der Waals surface area contributed by atoms with Gasteiger partial charge in [0.05, 0.1) is 7.11 Å². The minimum absolute atomic E-state index is 0.0871. The molecular formula is C12H22O2. The van der Waals surface area contributed by atoms with Gasteiger partial charge in [-0.15, -0.1) is 0 Å². The van der Waals surface area contributed by atoms with E-state index < -0.39 is 0 Å². The maximum absolute atomic E-state index is 10.8. The summed E-state index contributed by atoms with van der Waals surface area (Å²) >= 11 is 0. The highest BCUT2D eigenvalue weighted by atomic mass is 16.5. The van der Waals surface area contributed by atoms with Crippen molar-refractivity contribution in [1.29, 1.82) is 0 Å². The molecule has 0 spiro atoms. The van der Waals surface area contributed by atoms with Crippen molar-refractivity contribution in [2.45, 2.75) is 51.9 Å². The minimum Gasteiger partial charge on any atom is -0.469 e. The molecule has 0 rings (SSSR count). The SMILES string of the molecule is CCC=CCCCCCCC(=O)OC. The maximum Gasteiger partial charge on any atom is 0.305 e. The number of esters is 1. The van der Waals surface area contributed by atoms with Gasteiger partial charge in [-0.3, -0.25) is 4.79 Å². The number of allylic oxidation sites excluding steroid dienone is 2. The molecule has 0 bridgehead atoms. The summed E-state index contributed by atoms with van der Waals surface area (Å²) in [4.78, 5) is 10.8. The van der Waals surface area contributed by atoms with Crippen molar-refractivity contribution in [2.24, 2.45) is 0 Å². The van der Waals surface area contributed by atoms with Crippen molar-refractivity contribution in [3.8, 4) is 0 Å². The Balaban J connectivity index is 3.06. The van der Waals surface area contributed by atoms with Crippen molar-refractivity contribution in [2.75, 3.05) is 7.11 Å². The second kappa shape index (κ2) is 10.3. The van der Waals surface area contributed by atoms with Gasteiger partial charge in [0, 0.05) is 6.42 Å². The average molecular weight is 198 g/mol. The van der Waals surface area contributed by atoms with Crippen LogP contribution in [0.3, 0.4) is 0 Å². The smallest absolute Gasteiger partial charge is 0.305 e. The fourth-order valence-electron chi connectivity index (χ4n) is 1.27. The molecule has 14 heavy (non-hydrogen) atoms. The van der Waals surface area contributed by atoms with Crippen LogP contribution in [0.4, 0.5) is 0 Å². The molecule has 0 saturated heterocycles. The summed E-state index contributed by atoms with van der Waals surface area (Å²) in [5, 5.41) is 0. The zero-order valence-corrected chi connectivity index (χ0v) is 9.42. The lowest BCUT2D eigenvalue weighted by Crippen LogP contribution is -1.98. The first kappa shape index (κ1) is 13.2. The molecule has 0 aromatic carbocycles. The summed E-state index contributed by atoms with van der Waals surface area (Å²) < 4.78 is 4.56. The van der Waals surface area contributed by atoms with Crippen LogP contribution >= 0.6 is 0 Å². The average Bonchev–Trinajstić information content (AvgIpc) is 2.21. The highest BCUT2D eigenvalue weighted by Crippen LogP contribution is 2.06. The van der Waals surface area contributed by atoms with Crippen molar-refractivity contribution in [3.63, 3.8) is 0 Å². The molecule has 2 nitrogen and oxygen atoms in total. The van der Waals surface area contributed by atoms with Crippen LogP contribution in [0, 0.1) is 0 Å². The molecule has 82 valence electrons. The quantitative estimate of drug-likeness (QED) is 0.339. The summed E-state index contributed by atoms with van der Waals surface area (Å²) in [5.74, 6) is -0.0871. The van der Waals surface area contributed by atoms with Crippen LogP contribution in [0.2, 0.25) is 0 Å². The van der Waals surface area contributed by atoms with Gasteiger partial charge in [0.1, 0.15) is 0 Å². The van der Waals surface area contributed by atoms with E-state index in [2.05, 4.69) is 23.8 Å². The number of unbranched alkanes of at least 4 members (excludes halogenated alkanes) is 4. The third-order valence-corrected chi connectivity index (χ3v) is 2.13. The van der Waals surface area contributed by atoms with Crippen LogP contribution in [0.1, 0.15) is 51.9 Å². The Morgan fingerprint density at radius 2 is 1.86 bits per heavy atom. The van der Waals surface area contributed by atoms with E-state index in [1.165, 1.54) is 26.4 Å². The first-order valence-corrected chi connectivity index (χ1v) is 5.53. The highest BCUT2D eigenvalue weighted by Gasteiger charge is 1.98. The van der Waals surface area contributed by atoms with E-state index in [4.69, 9.17) is 0 Å². The van der Waals surface area contributed by atoms with Gasteiger partial charge in [0.25, 0.3) is 0 Å². The molecule has 0 heterocycles. The van der Waals surface area contributed by atoms with Gasteiger partial charge >= 0.3 is 5.97 Å². The largest absolute Gasteiger partial charge is 0.469 e. The number of carbonyl (C=O) groups is 1. The van der Waals surface area contributed by atoms with E-state index in [9.17, 15) is 4.79 Å². The summed E-state index contributed by atoms with van der Waals surface area (Å²) in [7, 11) is 1.44. The lowest BCUT2D eigenvalue weighted by Gasteiger charge is -1.99. The molecule has 2 heteroatoms. The number of hydrogen-bond donors (Lipinski definition) is 0. The minimum atomic E-state index is -0.0871. The molecule has 0 fully saturated rings. The number of carbonyl (C=O) groups excluding carboxylic acids is 1. The summed E-state index contributed by atoms with van der Waals surface area (Å²) in [6.45, 7) is 2.15. The highest BCUT2D eigenvalue weighted by molar-refractivity contribution is 5.68. The van der Waals surface area contributed by atoms with E-state index >= 15 is 0 Å². The fraction of sp³-hybridized carbons (Fsp3) is 0.750. The van der Waals surface area contributed by atoms with Gasteiger partial charge in [0.2, 0.25) is 0 Å². The van der Waals surface area contributed by atoms with Gasteiger partial charge in [0.15, 0.2) is 0 Å². The molecule has 0 aliphatic carbocycles. The Morgan fingerprint density at radius 1 is 1.14 bits per heavy atom. The lowest BCUT2D eigenvalue weighted by molar-refractivity contribution is -0.140. The molecule has 0 saturated carbocycles. The topological polar surface area (TPSA) is 26.3 Å². The van der Waals surface area contributed by atoms with Gasteiger partial charge in [-0.05, 0) is 25.7 Å². The van der Waals surface area contributed by atoms with Gasteiger partial charge < -0.3 is 4.74 Å². The number of rotatable bonds is 8. The van der Waals surface area contributed by atoms with Crippen LogP contribution < -0.4 is 0 Å². The summed E-state index contributed by atoms with van der Waals surface area (Å²) in [6, 6.07) is 0. The van der Waals surface area contributed by atoms with E-state index in [1.807, 2.05) is 0 Å². The normalized spacial score (nSPS) is 10.7. The summed E-state index contributed by atoms with van der Waals surface area (Å²) in [5.41, 5.74) is 0. The standard InChI is InChI=1S/C12H22O2/c1-3-4-5-6-7-8-9-10-11-12(13)14-2/h4-5H,3,6-11H2,1-2H3. The Bertz CT molecular complexity index is 162. The van der Waals surface area contributed by atoms with Crippen LogP contribution in [0.5, 0.6) is 0 Å². The van der Waals surface area contributed by atoms with Crippen LogP contribution in [-0.2, 0) is 9.53 Å². The Morgan fingerprint density at radius 3 is 2.50 bits per heavy atom. The van der Waals surface area contributed by atoms with E-state index in [1.54, 1.807) is 0 Å². The Labute approximate surface area is 87.3 Å². The molecule has 0 amide bonds. The molecule has 0 aliphatic rings. The lowest BCUT2D eigenvalue weighted by atomic mass is 10.1. The first-order valence-electron chi connectivity index (χ1n) is 5.53.